The van der Waals surface area contributed by atoms with Crippen LogP contribution in [-0.4, -0.2) is 13.1 Å². The molecule has 0 fully saturated rings. The standard InChI is InChI=1S/C14H15BrINO/c1-9(17-2)7-11-4-6-14(18-11)12-8-10(15)3-5-13(12)16/h3-6,8-9,17H,7H2,1-2H3. The van der Waals surface area contributed by atoms with Crippen LogP contribution < -0.4 is 5.32 Å². The molecule has 1 unspecified atom stereocenters. The first-order valence-corrected chi connectivity index (χ1v) is 7.68. The maximum Gasteiger partial charge on any atom is 0.135 e. The van der Waals surface area contributed by atoms with E-state index in [2.05, 4.69) is 69.0 Å². The van der Waals surface area contributed by atoms with Crippen molar-refractivity contribution in [3.05, 3.63) is 44.1 Å². The zero-order chi connectivity index (χ0) is 13.1. The highest BCUT2D eigenvalue weighted by atomic mass is 127. The molecule has 1 N–H and O–H groups in total. The van der Waals surface area contributed by atoms with Crippen molar-refractivity contribution in [3.8, 4) is 11.3 Å². The molecule has 2 aromatic rings. The molecule has 0 aliphatic carbocycles. The molecule has 1 atom stereocenters. The topological polar surface area (TPSA) is 25.2 Å². The highest BCUT2D eigenvalue weighted by Gasteiger charge is 2.10. The van der Waals surface area contributed by atoms with Crippen LogP contribution in [0.15, 0.2) is 39.2 Å². The smallest absolute Gasteiger partial charge is 0.135 e. The Hall–Kier alpha value is -0.330. The Balaban J connectivity index is 2.26. The minimum absolute atomic E-state index is 0.422. The third-order valence-corrected chi connectivity index (χ3v) is 4.29. The van der Waals surface area contributed by atoms with E-state index in [4.69, 9.17) is 4.42 Å². The Morgan fingerprint density at radius 3 is 2.83 bits per heavy atom. The Labute approximate surface area is 129 Å². The van der Waals surface area contributed by atoms with Gasteiger partial charge < -0.3 is 9.73 Å². The summed E-state index contributed by atoms with van der Waals surface area (Å²) in [6, 6.07) is 10.7. The van der Waals surface area contributed by atoms with Gasteiger partial charge in [0.1, 0.15) is 11.5 Å². The molecule has 2 nitrogen and oxygen atoms in total. The molecule has 0 saturated carbocycles. The van der Waals surface area contributed by atoms with Crippen LogP contribution in [0.4, 0.5) is 0 Å². The van der Waals surface area contributed by atoms with E-state index in [1.165, 1.54) is 3.57 Å². The Bertz CT molecular complexity index is 538. The number of likely N-dealkylation sites (N-methyl/N-ethyl adjacent to an activating group) is 1. The molecule has 0 saturated heterocycles. The van der Waals surface area contributed by atoms with Crippen molar-refractivity contribution in [3.63, 3.8) is 0 Å². The van der Waals surface area contributed by atoms with Gasteiger partial charge in [-0.3, -0.25) is 0 Å². The molecule has 0 spiro atoms. The molecule has 1 heterocycles. The molecule has 4 heteroatoms. The number of hydrogen-bond acceptors (Lipinski definition) is 2. The average molecular weight is 420 g/mol. The fraction of sp³-hybridized carbons (Fsp3) is 0.286. The zero-order valence-corrected chi connectivity index (χ0v) is 14.1. The maximum absolute atomic E-state index is 5.91. The van der Waals surface area contributed by atoms with Gasteiger partial charge in [0.2, 0.25) is 0 Å². The minimum atomic E-state index is 0.422. The maximum atomic E-state index is 5.91. The van der Waals surface area contributed by atoms with Gasteiger partial charge in [0.25, 0.3) is 0 Å². The second-order valence-electron chi connectivity index (χ2n) is 4.28. The summed E-state index contributed by atoms with van der Waals surface area (Å²) in [6.07, 6.45) is 0.904. The molecular formula is C14H15BrINO. The SMILES string of the molecule is CNC(C)Cc1ccc(-c2cc(Br)ccc2I)o1. The highest BCUT2D eigenvalue weighted by Crippen LogP contribution is 2.30. The number of benzene rings is 1. The number of nitrogens with one attached hydrogen (secondary N) is 1. The van der Waals surface area contributed by atoms with Crippen molar-refractivity contribution in [2.24, 2.45) is 0 Å². The fourth-order valence-corrected chi connectivity index (χ4v) is 2.68. The van der Waals surface area contributed by atoms with E-state index >= 15 is 0 Å². The van der Waals surface area contributed by atoms with Gasteiger partial charge in [-0.05, 0) is 66.9 Å². The Morgan fingerprint density at radius 2 is 2.11 bits per heavy atom. The fourth-order valence-electron chi connectivity index (χ4n) is 1.72. The summed E-state index contributed by atoms with van der Waals surface area (Å²) in [5.41, 5.74) is 1.13. The summed E-state index contributed by atoms with van der Waals surface area (Å²) in [5, 5.41) is 3.21. The van der Waals surface area contributed by atoms with E-state index in [0.717, 1.165) is 28.0 Å². The van der Waals surface area contributed by atoms with Crippen LogP contribution in [0.1, 0.15) is 12.7 Å². The molecule has 1 aromatic heterocycles. The zero-order valence-electron chi connectivity index (χ0n) is 10.3. The number of hydrogen-bond donors (Lipinski definition) is 1. The molecule has 0 radical (unpaired) electrons. The monoisotopic (exact) mass is 419 g/mol. The van der Waals surface area contributed by atoms with E-state index < -0.39 is 0 Å². The molecule has 0 aliphatic rings. The van der Waals surface area contributed by atoms with E-state index in [0.29, 0.717) is 6.04 Å². The molecule has 0 aliphatic heterocycles. The molecule has 2 rings (SSSR count). The summed E-state index contributed by atoms with van der Waals surface area (Å²) in [7, 11) is 1.96. The Morgan fingerprint density at radius 1 is 1.33 bits per heavy atom. The van der Waals surface area contributed by atoms with Gasteiger partial charge in [-0.25, -0.2) is 0 Å². The average Bonchev–Trinajstić information content (AvgIpc) is 2.80. The van der Waals surface area contributed by atoms with E-state index in [1.54, 1.807) is 0 Å². The first-order valence-electron chi connectivity index (χ1n) is 5.81. The van der Waals surface area contributed by atoms with Crippen LogP contribution in [0, 0.1) is 3.57 Å². The van der Waals surface area contributed by atoms with Gasteiger partial charge in [-0.1, -0.05) is 15.9 Å². The van der Waals surface area contributed by atoms with Crippen molar-refractivity contribution in [1.82, 2.24) is 5.32 Å². The molecule has 18 heavy (non-hydrogen) atoms. The molecule has 0 amide bonds. The highest BCUT2D eigenvalue weighted by molar-refractivity contribution is 14.1. The van der Waals surface area contributed by atoms with Crippen LogP contribution in [0.2, 0.25) is 0 Å². The lowest BCUT2D eigenvalue weighted by Gasteiger charge is -2.07. The van der Waals surface area contributed by atoms with Crippen molar-refractivity contribution < 1.29 is 4.42 Å². The number of halogens is 2. The van der Waals surface area contributed by atoms with E-state index in [1.807, 2.05) is 19.2 Å². The summed E-state index contributed by atoms with van der Waals surface area (Å²) >= 11 is 5.83. The van der Waals surface area contributed by atoms with E-state index in [9.17, 15) is 0 Å². The lowest BCUT2D eigenvalue weighted by Crippen LogP contribution is -2.23. The first-order chi connectivity index (χ1) is 8.60. The van der Waals surface area contributed by atoms with E-state index in [-0.39, 0.29) is 0 Å². The molecular weight excluding hydrogens is 405 g/mol. The Kier molecular flexibility index (Phi) is 4.86. The third-order valence-electron chi connectivity index (χ3n) is 2.86. The van der Waals surface area contributed by atoms with Crippen LogP contribution in [-0.2, 0) is 6.42 Å². The third kappa shape index (κ3) is 3.36. The molecule has 96 valence electrons. The van der Waals surface area contributed by atoms with Gasteiger partial charge >= 0.3 is 0 Å². The van der Waals surface area contributed by atoms with Crippen LogP contribution in [0.5, 0.6) is 0 Å². The predicted molar refractivity (Wildman–Crippen MR) is 86.8 cm³/mol. The number of furan rings is 1. The predicted octanol–water partition coefficient (Wildman–Crippen LogP) is 4.46. The minimum Gasteiger partial charge on any atom is -0.461 e. The van der Waals surface area contributed by atoms with Crippen molar-refractivity contribution in [1.29, 1.82) is 0 Å². The van der Waals surface area contributed by atoms with Crippen molar-refractivity contribution in [2.45, 2.75) is 19.4 Å². The molecule has 1 aromatic carbocycles. The quantitative estimate of drug-likeness (QED) is 0.740. The van der Waals surface area contributed by atoms with Crippen molar-refractivity contribution >= 4 is 38.5 Å². The largest absolute Gasteiger partial charge is 0.461 e. The van der Waals surface area contributed by atoms with Gasteiger partial charge in [-0.15, -0.1) is 0 Å². The van der Waals surface area contributed by atoms with Gasteiger partial charge in [0.05, 0.1) is 0 Å². The van der Waals surface area contributed by atoms with Crippen LogP contribution >= 0.6 is 38.5 Å². The summed E-state index contributed by atoms with van der Waals surface area (Å²) in [6.45, 7) is 2.14. The number of rotatable bonds is 4. The second kappa shape index (κ2) is 6.21. The van der Waals surface area contributed by atoms with Gasteiger partial charge in [0, 0.05) is 26.1 Å². The summed E-state index contributed by atoms with van der Waals surface area (Å²) in [5.74, 6) is 1.95. The van der Waals surface area contributed by atoms with Crippen molar-refractivity contribution in [2.75, 3.05) is 7.05 Å². The summed E-state index contributed by atoms with van der Waals surface area (Å²) < 4.78 is 8.17. The first kappa shape index (κ1) is 14.1. The lowest BCUT2D eigenvalue weighted by molar-refractivity contribution is 0.481. The molecule has 0 bridgehead atoms. The lowest BCUT2D eigenvalue weighted by atomic mass is 10.2. The van der Waals surface area contributed by atoms with Crippen LogP contribution in [0.3, 0.4) is 0 Å². The van der Waals surface area contributed by atoms with Gasteiger partial charge in [0.15, 0.2) is 0 Å². The summed E-state index contributed by atoms with van der Waals surface area (Å²) in [4.78, 5) is 0. The second-order valence-corrected chi connectivity index (χ2v) is 6.36. The van der Waals surface area contributed by atoms with Gasteiger partial charge in [-0.2, -0.15) is 0 Å². The van der Waals surface area contributed by atoms with Crippen LogP contribution in [0.25, 0.3) is 11.3 Å². The normalized spacial score (nSPS) is 12.7.